The van der Waals surface area contributed by atoms with Crippen LogP contribution in [0.15, 0.2) is 36.7 Å². The lowest BCUT2D eigenvalue weighted by atomic mass is 9.97. The molecule has 0 saturated heterocycles. The summed E-state index contributed by atoms with van der Waals surface area (Å²) in [5, 5.41) is 12.2. The van der Waals surface area contributed by atoms with Crippen molar-refractivity contribution in [3.05, 3.63) is 48.3 Å². The molecule has 9 heteroatoms. The van der Waals surface area contributed by atoms with Gasteiger partial charge in [0.1, 0.15) is 5.82 Å². The zero-order valence-corrected chi connectivity index (χ0v) is 11.9. The van der Waals surface area contributed by atoms with Crippen LogP contribution >= 0.6 is 0 Å². The maximum absolute atomic E-state index is 13.3. The van der Waals surface area contributed by atoms with Crippen LogP contribution < -0.4 is 5.32 Å². The molecule has 23 heavy (non-hydrogen) atoms. The molecule has 2 rings (SSSR count). The van der Waals surface area contributed by atoms with Crippen molar-refractivity contribution in [2.24, 2.45) is 7.05 Å². The van der Waals surface area contributed by atoms with Gasteiger partial charge in [0.2, 0.25) is 11.5 Å². The van der Waals surface area contributed by atoms with Gasteiger partial charge in [-0.3, -0.25) is 4.79 Å². The first kappa shape index (κ1) is 16.9. The van der Waals surface area contributed by atoms with Gasteiger partial charge in [-0.15, -0.1) is 0 Å². The maximum atomic E-state index is 13.3. The van der Waals surface area contributed by atoms with Crippen molar-refractivity contribution < 1.29 is 27.5 Å². The fourth-order valence-electron chi connectivity index (χ4n) is 2.07. The summed E-state index contributed by atoms with van der Waals surface area (Å²) in [6, 6.07) is 4.68. The number of amides is 1. The van der Waals surface area contributed by atoms with E-state index in [9.17, 15) is 27.5 Å². The van der Waals surface area contributed by atoms with E-state index in [1.54, 1.807) is 0 Å². The number of nitrogens with one attached hydrogen (secondary N) is 1. The molecule has 1 aromatic heterocycles. The molecule has 0 aliphatic carbocycles. The molecule has 0 aliphatic rings. The molecule has 124 valence electrons. The van der Waals surface area contributed by atoms with Crippen LogP contribution in [0.2, 0.25) is 0 Å². The van der Waals surface area contributed by atoms with Gasteiger partial charge in [0.15, 0.2) is 5.82 Å². The summed E-state index contributed by atoms with van der Waals surface area (Å²) in [5.41, 5.74) is -3.47. The number of aliphatic hydroxyl groups is 1. The van der Waals surface area contributed by atoms with Gasteiger partial charge in [0, 0.05) is 25.1 Å². The quantitative estimate of drug-likeness (QED) is 0.845. The summed E-state index contributed by atoms with van der Waals surface area (Å²) in [5.74, 6) is -2.49. The molecule has 0 spiro atoms. The van der Waals surface area contributed by atoms with Crippen LogP contribution in [0.1, 0.15) is 12.2 Å². The summed E-state index contributed by atoms with van der Waals surface area (Å²) >= 11 is 0. The third-order valence-corrected chi connectivity index (χ3v) is 3.18. The number of alkyl halides is 3. The fourth-order valence-corrected chi connectivity index (χ4v) is 2.07. The minimum Gasteiger partial charge on any atom is -0.374 e. The van der Waals surface area contributed by atoms with E-state index >= 15 is 0 Å². The van der Waals surface area contributed by atoms with Crippen LogP contribution in [0.3, 0.4) is 0 Å². The Hall–Kier alpha value is -2.42. The Morgan fingerprint density at radius 3 is 2.61 bits per heavy atom. The smallest absolute Gasteiger partial charge is 0.374 e. The Labute approximate surface area is 128 Å². The Balaban J connectivity index is 2.25. The molecule has 5 nitrogen and oxygen atoms in total. The van der Waals surface area contributed by atoms with Gasteiger partial charge in [0.05, 0.1) is 6.42 Å². The summed E-state index contributed by atoms with van der Waals surface area (Å²) in [6.07, 6.45) is -4.13. The molecule has 0 saturated carbocycles. The Kier molecular flexibility index (Phi) is 4.42. The second-order valence-electron chi connectivity index (χ2n) is 4.96. The standard InChI is InChI=1S/C14H13F4N3O2/c1-21-6-5-19-12(21)13(23,14(16,17)18)8-11(22)20-10-4-2-3-9(15)7-10/h2-7,23H,8H2,1H3,(H,20,22). The lowest BCUT2D eigenvalue weighted by Crippen LogP contribution is -2.46. The minimum absolute atomic E-state index is 0.0145. The number of rotatable bonds is 4. The second kappa shape index (κ2) is 5.99. The number of nitrogens with zero attached hydrogens (tertiary/aromatic N) is 2. The van der Waals surface area contributed by atoms with Gasteiger partial charge in [-0.2, -0.15) is 13.2 Å². The number of carbonyl (C=O) groups excluding carboxylic acids is 1. The second-order valence-corrected chi connectivity index (χ2v) is 4.96. The van der Waals surface area contributed by atoms with E-state index in [0.29, 0.717) is 0 Å². The van der Waals surface area contributed by atoms with Gasteiger partial charge < -0.3 is 15.0 Å². The predicted octanol–water partition coefficient (Wildman–Crippen LogP) is 2.34. The molecule has 1 atom stereocenters. The molecule has 1 aromatic carbocycles. The minimum atomic E-state index is -5.12. The normalized spacial score (nSPS) is 14.3. The summed E-state index contributed by atoms with van der Waals surface area (Å²) in [7, 11) is 1.27. The number of imidazole rings is 1. The Morgan fingerprint density at radius 2 is 2.09 bits per heavy atom. The molecule has 1 unspecified atom stereocenters. The highest BCUT2D eigenvalue weighted by Gasteiger charge is 2.58. The first-order valence-electron chi connectivity index (χ1n) is 6.46. The number of halogens is 4. The third kappa shape index (κ3) is 3.50. The van der Waals surface area contributed by atoms with E-state index in [2.05, 4.69) is 10.3 Å². The Bertz CT molecular complexity index is 714. The largest absolute Gasteiger partial charge is 0.425 e. The first-order chi connectivity index (χ1) is 10.6. The lowest BCUT2D eigenvalue weighted by Gasteiger charge is -2.29. The summed E-state index contributed by atoms with van der Waals surface area (Å²) in [4.78, 5) is 15.3. The van der Waals surface area contributed by atoms with Gasteiger partial charge in [-0.05, 0) is 18.2 Å². The van der Waals surface area contributed by atoms with E-state index in [4.69, 9.17) is 0 Å². The van der Waals surface area contributed by atoms with Gasteiger partial charge in [0.25, 0.3) is 0 Å². The molecule has 2 aromatic rings. The molecule has 1 heterocycles. The van der Waals surface area contributed by atoms with Crippen LogP contribution in [0.4, 0.5) is 23.2 Å². The maximum Gasteiger partial charge on any atom is 0.425 e. The molecule has 0 bridgehead atoms. The van der Waals surface area contributed by atoms with Crippen molar-refractivity contribution in [1.82, 2.24) is 9.55 Å². The van der Waals surface area contributed by atoms with Gasteiger partial charge >= 0.3 is 6.18 Å². The van der Waals surface area contributed by atoms with Crippen LogP contribution in [-0.2, 0) is 17.4 Å². The van der Waals surface area contributed by atoms with E-state index in [1.807, 2.05) is 0 Å². The number of hydrogen-bond donors (Lipinski definition) is 2. The van der Waals surface area contributed by atoms with E-state index in [0.717, 1.165) is 22.9 Å². The SMILES string of the molecule is Cn1ccnc1C(O)(CC(=O)Nc1cccc(F)c1)C(F)(F)F. The van der Waals surface area contributed by atoms with Crippen molar-refractivity contribution in [3.8, 4) is 0 Å². The molecule has 1 amide bonds. The Morgan fingerprint density at radius 1 is 1.39 bits per heavy atom. The van der Waals surface area contributed by atoms with Gasteiger partial charge in [-0.1, -0.05) is 6.07 Å². The molecule has 2 N–H and O–H groups in total. The number of anilines is 1. The predicted molar refractivity (Wildman–Crippen MR) is 72.8 cm³/mol. The number of benzene rings is 1. The van der Waals surface area contributed by atoms with Crippen molar-refractivity contribution in [1.29, 1.82) is 0 Å². The monoisotopic (exact) mass is 331 g/mol. The number of aromatic nitrogens is 2. The van der Waals surface area contributed by atoms with Crippen LogP contribution in [0, 0.1) is 5.82 Å². The average molecular weight is 331 g/mol. The molecule has 0 fully saturated rings. The van der Waals surface area contributed by atoms with Crippen molar-refractivity contribution >= 4 is 11.6 Å². The molecule has 0 aliphatic heterocycles. The highest BCUT2D eigenvalue weighted by Crippen LogP contribution is 2.40. The topological polar surface area (TPSA) is 67.1 Å². The summed E-state index contributed by atoms with van der Waals surface area (Å²) in [6.45, 7) is 0. The van der Waals surface area contributed by atoms with Crippen molar-refractivity contribution in [2.45, 2.75) is 18.2 Å². The third-order valence-electron chi connectivity index (χ3n) is 3.18. The molecule has 0 radical (unpaired) electrons. The highest BCUT2D eigenvalue weighted by atomic mass is 19.4. The molecular formula is C14H13F4N3O2. The van der Waals surface area contributed by atoms with Crippen LogP contribution in [0.5, 0.6) is 0 Å². The van der Waals surface area contributed by atoms with Crippen molar-refractivity contribution in [2.75, 3.05) is 5.32 Å². The zero-order valence-electron chi connectivity index (χ0n) is 11.9. The van der Waals surface area contributed by atoms with E-state index in [1.165, 1.54) is 25.4 Å². The summed E-state index contributed by atoms with van der Waals surface area (Å²) < 4.78 is 53.8. The van der Waals surface area contributed by atoms with Crippen molar-refractivity contribution in [3.63, 3.8) is 0 Å². The number of hydrogen-bond acceptors (Lipinski definition) is 3. The van der Waals surface area contributed by atoms with E-state index < -0.39 is 35.7 Å². The number of aryl methyl sites for hydroxylation is 1. The van der Waals surface area contributed by atoms with E-state index in [-0.39, 0.29) is 5.69 Å². The van der Waals surface area contributed by atoms with Crippen LogP contribution in [-0.4, -0.2) is 26.7 Å². The van der Waals surface area contributed by atoms with Crippen LogP contribution in [0.25, 0.3) is 0 Å². The average Bonchev–Trinajstić information content (AvgIpc) is 2.83. The zero-order chi connectivity index (χ0) is 17.3. The molecular weight excluding hydrogens is 318 g/mol. The lowest BCUT2D eigenvalue weighted by molar-refractivity contribution is -0.270. The highest BCUT2D eigenvalue weighted by molar-refractivity contribution is 5.91. The fraction of sp³-hybridized carbons (Fsp3) is 0.286. The first-order valence-corrected chi connectivity index (χ1v) is 6.46. The number of carbonyl (C=O) groups is 1. The van der Waals surface area contributed by atoms with Gasteiger partial charge in [-0.25, -0.2) is 9.37 Å².